The molecule has 0 spiro atoms. The highest BCUT2D eigenvalue weighted by Crippen LogP contribution is 2.24. The van der Waals surface area contributed by atoms with Crippen LogP contribution in [0.15, 0.2) is 36.4 Å². The maximum absolute atomic E-state index is 5.43. The lowest BCUT2D eigenvalue weighted by Crippen LogP contribution is -2.39. The smallest absolute Gasteiger partial charge is 0.225 e. The molecule has 6 heteroatoms. The molecule has 2 fully saturated rings. The van der Waals surface area contributed by atoms with Crippen LogP contribution in [0.2, 0.25) is 0 Å². The molecule has 1 aliphatic carbocycles. The van der Waals surface area contributed by atoms with Gasteiger partial charge in [0.1, 0.15) is 5.82 Å². The van der Waals surface area contributed by atoms with Crippen LogP contribution in [0.3, 0.4) is 0 Å². The maximum Gasteiger partial charge on any atom is 0.225 e. The minimum absolute atomic E-state index is 0.487. The second-order valence-electron chi connectivity index (χ2n) is 7.69. The summed E-state index contributed by atoms with van der Waals surface area (Å²) in [7, 11) is 0. The van der Waals surface area contributed by atoms with E-state index in [2.05, 4.69) is 45.9 Å². The summed E-state index contributed by atoms with van der Waals surface area (Å²) in [5.74, 6) is 1.63. The first-order valence-electron chi connectivity index (χ1n) is 10.6. The van der Waals surface area contributed by atoms with Crippen LogP contribution in [0.5, 0.6) is 0 Å². The average molecular weight is 382 g/mol. The number of nitrogens with one attached hydrogen (secondary N) is 2. The van der Waals surface area contributed by atoms with E-state index in [9.17, 15) is 0 Å². The van der Waals surface area contributed by atoms with E-state index in [1.165, 1.54) is 32.1 Å². The van der Waals surface area contributed by atoms with E-state index in [0.717, 1.165) is 62.4 Å². The molecule has 1 aromatic carbocycles. The van der Waals surface area contributed by atoms with E-state index in [1.807, 2.05) is 6.07 Å². The molecule has 4 rings (SSSR count). The van der Waals surface area contributed by atoms with Crippen molar-refractivity contribution in [1.29, 1.82) is 0 Å². The van der Waals surface area contributed by atoms with Gasteiger partial charge in [-0.3, -0.25) is 4.90 Å². The number of aromatic nitrogens is 2. The van der Waals surface area contributed by atoms with E-state index in [1.54, 1.807) is 0 Å². The second-order valence-corrected chi connectivity index (χ2v) is 7.69. The van der Waals surface area contributed by atoms with Crippen molar-refractivity contribution in [2.45, 2.75) is 38.1 Å². The Labute approximate surface area is 167 Å². The number of rotatable bonds is 7. The first-order chi connectivity index (χ1) is 13.9. The van der Waals surface area contributed by atoms with Crippen molar-refractivity contribution in [3.63, 3.8) is 0 Å². The minimum atomic E-state index is 0.487. The molecule has 0 bridgehead atoms. The second kappa shape index (κ2) is 9.85. The molecule has 1 aromatic heterocycles. The Morgan fingerprint density at radius 2 is 1.79 bits per heavy atom. The number of ether oxygens (including phenoxy) is 1. The van der Waals surface area contributed by atoms with Gasteiger partial charge >= 0.3 is 0 Å². The lowest BCUT2D eigenvalue weighted by atomic mass is 9.96. The predicted octanol–water partition coefficient (Wildman–Crippen LogP) is 3.63. The Bertz CT molecular complexity index is 727. The number of hydrogen-bond acceptors (Lipinski definition) is 6. The fraction of sp³-hybridized carbons (Fsp3) is 0.545. The van der Waals surface area contributed by atoms with E-state index in [4.69, 9.17) is 14.7 Å². The van der Waals surface area contributed by atoms with Crippen molar-refractivity contribution >= 4 is 11.8 Å². The third-order valence-electron chi connectivity index (χ3n) is 5.57. The Hall–Kier alpha value is -2.18. The molecule has 0 amide bonds. The molecule has 2 aliphatic rings. The van der Waals surface area contributed by atoms with E-state index >= 15 is 0 Å². The zero-order valence-electron chi connectivity index (χ0n) is 16.6. The highest BCUT2D eigenvalue weighted by atomic mass is 16.5. The third kappa shape index (κ3) is 5.42. The molecule has 2 heterocycles. The molecular formula is C22H31N5O. The molecule has 0 atom stereocenters. The lowest BCUT2D eigenvalue weighted by molar-refractivity contribution is 0.0398. The molecular weight excluding hydrogens is 350 g/mol. The van der Waals surface area contributed by atoms with Gasteiger partial charge in [-0.2, -0.15) is 4.98 Å². The molecule has 0 unspecified atom stereocenters. The van der Waals surface area contributed by atoms with Gasteiger partial charge in [0.15, 0.2) is 0 Å². The SMILES string of the molecule is c1ccc(-c2cc(NCCN3CCOCC3)nc(NC3CCCCC3)n2)cc1. The summed E-state index contributed by atoms with van der Waals surface area (Å²) in [6.07, 6.45) is 6.34. The minimum Gasteiger partial charge on any atom is -0.379 e. The Kier molecular flexibility index (Phi) is 6.73. The van der Waals surface area contributed by atoms with Gasteiger partial charge in [0.2, 0.25) is 5.95 Å². The van der Waals surface area contributed by atoms with Crippen molar-refractivity contribution in [3.8, 4) is 11.3 Å². The van der Waals surface area contributed by atoms with Gasteiger partial charge in [-0.1, -0.05) is 49.6 Å². The van der Waals surface area contributed by atoms with E-state index in [-0.39, 0.29) is 0 Å². The number of hydrogen-bond donors (Lipinski definition) is 2. The Morgan fingerprint density at radius 1 is 1.00 bits per heavy atom. The summed E-state index contributed by atoms with van der Waals surface area (Å²) in [6.45, 7) is 5.56. The number of benzene rings is 1. The fourth-order valence-electron chi connectivity index (χ4n) is 3.96. The summed E-state index contributed by atoms with van der Waals surface area (Å²) in [5, 5.41) is 7.09. The Morgan fingerprint density at radius 3 is 2.57 bits per heavy atom. The number of nitrogens with zero attached hydrogens (tertiary/aromatic N) is 3. The summed E-state index contributed by atoms with van der Waals surface area (Å²) in [4.78, 5) is 12.0. The molecule has 2 aromatic rings. The van der Waals surface area contributed by atoms with Gasteiger partial charge in [-0.15, -0.1) is 0 Å². The average Bonchev–Trinajstić information content (AvgIpc) is 2.76. The van der Waals surface area contributed by atoms with Crippen LogP contribution in [0, 0.1) is 0 Å². The van der Waals surface area contributed by atoms with Crippen LogP contribution < -0.4 is 10.6 Å². The van der Waals surface area contributed by atoms with Gasteiger partial charge in [-0.25, -0.2) is 4.98 Å². The standard InChI is InChI=1S/C22H31N5O/c1-3-7-18(8-4-1)20-17-21(23-11-12-27-13-15-28-16-14-27)26-22(25-20)24-19-9-5-2-6-10-19/h1,3-4,7-8,17,19H,2,5-6,9-16H2,(H2,23,24,25,26). The molecule has 28 heavy (non-hydrogen) atoms. The monoisotopic (exact) mass is 381 g/mol. The first-order valence-corrected chi connectivity index (χ1v) is 10.6. The van der Waals surface area contributed by atoms with Crippen LogP contribution in [-0.4, -0.2) is 60.3 Å². The van der Waals surface area contributed by atoms with Crippen molar-refractivity contribution in [2.24, 2.45) is 0 Å². The summed E-state index contributed by atoms with van der Waals surface area (Å²) < 4.78 is 5.43. The van der Waals surface area contributed by atoms with Crippen molar-refractivity contribution in [1.82, 2.24) is 14.9 Å². The Balaban J connectivity index is 1.46. The highest BCUT2D eigenvalue weighted by molar-refractivity contribution is 5.64. The summed E-state index contributed by atoms with van der Waals surface area (Å²) >= 11 is 0. The molecule has 6 nitrogen and oxygen atoms in total. The highest BCUT2D eigenvalue weighted by Gasteiger charge is 2.16. The number of morpholine rings is 1. The number of anilines is 2. The largest absolute Gasteiger partial charge is 0.379 e. The zero-order valence-corrected chi connectivity index (χ0v) is 16.6. The molecule has 1 saturated heterocycles. The van der Waals surface area contributed by atoms with Crippen LogP contribution in [0.4, 0.5) is 11.8 Å². The first kappa shape index (κ1) is 19.2. The maximum atomic E-state index is 5.43. The van der Waals surface area contributed by atoms with E-state index in [0.29, 0.717) is 6.04 Å². The van der Waals surface area contributed by atoms with Gasteiger partial charge in [0.05, 0.1) is 18.9 Å². The molecule has 0 radical (unpaired) electrons. The van der Waals surface area contributed by atoms with Crippen LogP contribution >= 0.6 is 0 Å². The van der Waals surface area contributed by atoms with Crippen molar-refractivity contribution < 1.29 is 4.74 Å². The van der Waals surface area contributed by atoms with Gasteiger partial charge < -0.3 is 15.4 Å². The van der Waals surface area contributed by atoms with Crippen molar-refractivity contribution in [2.75, 3.05) is 50.0 Å². The lowest BCUT2D eigenvalue weighted by Gasteiger charge is -2.26. The quantitative estimate of drug-likeness (QED) is 0.764. The predicted molar refractivity (Wildman–Crippen MR) is 114 cm³/mol. The topological polar surface area (TPSA) is 62.3 Å². The summed E-state index contributed by atoms with van der Waals surface area (Å²) in [5.41, 5.74) is 2.08. The molecule has 1 saturated carbocycles. The fourth-order valence-corrected chi connectivity index (χ4v) is 3.96. The zero-order chi connectivity index (χ0) is 19.0. The third-order valence-corrected chi connectivity index (χ3v) is 5.57. The van der Waals surface area contributed by atoms with Crippen molar-refractivity contribution in [3.05, 3.63) is 36.4 Å². The van der Waals surface area contributed by atoms with Gasteiger partial charge in [-0.05, 0) is 12.8 Å². The molecule has 150 valence electrons. The van der Waals surface area contributed by atoms with Crippen LogP contribution in [-0.2, 0) is 4.74 Å². The molecule has 2 N–H and O–H groups in total. The van der Waals surface area contributed by atoms with Crippen LogP contribution in [0.1, 0.15) is 32.1 Å². The van der Waals surface area contributed by atoms with E-state index < -0.39 is 0 Å². The molecule has 1 aliphatic heterocycles. The normalized spacial score (nSPS) is 18.7. The van der Waals surface area contributed by atoms with Crippen LogP contribution in [0.25, 0.3) is 11.3 Å². The summed E-state index contributed by atoms with van der Waals surface area (Å²) in [6, 6.07) is 12.9. The van der Waals surface area contributed by atoms with Gasteiger partial charge in [0, 0.05) is 43.9 Å². The van der Waals surface area contributed by atoms with Gasteiger partial charge in [0.25, 0.3) is 0 Å².